The van der Waals surface area contributed by atoms with Gasteiger partial charge in [0.2, 0.25) is 0 Å². The summed E-state index contributed by atoms with van der Waals surface area (Å²) in [5.74, 6) is 2.34. The minimum absolute atomic E-state index is 0.196. The van der Waals surface area contributed by atoms with Crippen molar-refractivity contribution in [1.29, 1.82) is 5.26 Å². The number of nitriles is 1. The fraction of sp³-hybridized carbons (Fsp3) is 0.688. The van der Waals surface area contributed by atoms with Gasteiger partial charge in [-0.3, -0.25) is 0 Å². The summed E-state index contributed by atoms with van der Waals surface area (Å²) >= 11 is 0. The van der Waals surface area contributed by atoms with E-state index in [1.54, 1.807) is 0 Å². The first-order valence-electron chi connectivity index (χ1n) is 7.01. The first-order chi connectivity index (χ1) is 8.54. The van der Waals surface area contributed by atoms with E-state index in [0.717, 1.165) is 36.5 Å². The number of fused-ring (bicyclic) bond motifs is 1. The summed E-state index contributed by atoms with van der Waals surface area (Å²) < 4.78 is 6.19. The Hall–Kier alpha value is -1.23. The summed E-state index contributed by atoms with van der Waals surface area (Å²) in [5.41, 5.74) is 2.72. The molecule has 0 aliphatic heterocycles. The molecule has 2 bridgehead atoms. The second kappa shape index (κ2) is 3.88. The van der Waals surface area contributed by atoms with Crippen LogP contribution in [-0.4, -0.2) is 6.10 Å². The average molecular weight is 243 g/mol. The summed E-state index contributed by atoms with van der Waals surface area (Å²) in [4.78, 5) is 0. The fourth-order valence-electron chi connectivity index (χ4n) is 4.03. The zero-order valence-corrected chi connectivity index (χ0v) is 11.5. The van der Waals surface area contributed by atoms with Gasteiger partial charge in [-0.05, 0) is 43.6 Å². The van der Waals surface area contributed by atoms with Gasteiger partial charge in [0.1, 0.15) is 11.9 Å². The van der Waals surface area contributed by atoms with E-state index < -0.39 is 0 Å². The summed E-state index contributed by atoms with van der Waals surface area (Å²) in [6.45, 7) is 6.94. The van der Waals surface area contributed by atoms with E-state index in [-0.39, 0.29) is 6.10 Å². The highest BCUT2D eigenvalue weighted by Gasteiger charge is 2.55. The first kappa shape index (κ1) is 11.8. The Kier molecular flexibility index (Phi) is 2.55. The molecule has 4 aliphatic carbocycles. The molecule has 0 amide bonds. The number of nitrogens with zero attached hydrogens (tertiary/aromatic N) is 1. The van der Waals surface area contributed by atoms with Gasteiger partial charge in [0, 0.05) is 12.3 Å². The molecule has 0 saturated heterocycles. The normalized spacial score (nSPS) is 36.8. The highest BCUT2D eigenvalue weighted by atomic mass is 16.5. The highest BCUT2D eigenvalue weighted by Crippen LogP contribution is 2.60. The van der Waals surface area contributed by atoms with Gasteiger partial charge in [-0.2, -0.15) is 5.26 Å². The van der Waals surface area contributed by atoms with Crippen molar-refractivity contribution in [2.75, 3.05) is 0 Å². The number of rotatable bonds is 2. The molecule has 0 unspecified atom stereocenters. The smallest absolute Gasteiger partial charge is 0.120 e. The SMILES string of the molecule is CC1=C[C@H](OC2=C(C#N)CCC2)[C@@H]2C[C@H]1C2(C)C. The highest BCUT2D eigenvalue weighted by molar-refractivity contribution is 5.30. The standard InChI is InChI=1S/C16H21NO/c1-10-7-15(13-8-12(10)16(13,2)3)18-14-6-4-5-11(14)9-17/h7,12-13,15H,4-6,8H2,1-3H3/t12-,13+,15+/m1/s1. The van der Waals surface area contributed by atoms with Crippen molar-refractivity contribution < 1.29 is 4.74 Å². The third-order valence-corrected chi connectivity index (χ3v) is 5.30. The van der Waals surface area contributed by atoms with Crippen molar-refractivity contribution in [1.82, 2.24) is 0 Å². The van der Waals surface area contributed by atoms with Gasteiger partial charge in [-0.25, -0.2) is 0 Å². The molecule has 3 atom stereocenters. The second-order valence-electron chi connectivity index (χ2n) is 6.58. The minimum atomic E-state index is 0.196. The zero-order valence-electron chi connectivity index (χ0n) is 11.5. The molecular formula is C16H21NO. The molecule has 4 aliphatic rings. The first-order valence-corrected chi connectivity index (χ1v) is 7.01. The van der Waals surface area contributed by atoms with Gasteiger partial charge in [-0.1, -0.05) is 19.4 Å². The van der Waals surface area contributed by atoms with Crippen LogP contribution < -0.4 is 0 Å². The molecule has 4 rings (SSSR count). The monoisotopic (exact) mass is 243 g/mol. The van der Waals surface area contributed by atoms with Crippen molar-refractivity contribution in [3.8, 4) is 6.07 Å². The van der Waals surface area contributed by atoms with Crippen LogP contribution in [0.2, 0.25) is 0 Å². The van der Waals surface area contributed by atoms with Crippen LogP contribution >= 0.6 is 0 Å². The molecule has 18 heavy (non-hydrogen) atoms. The Labute approximate surface area is 109 Å². The third kappa shape index (κ3) is 1.53. The molecule has 0 aromatic carbocycles. The van der Waals surface area contributed by atoms with Crippen LogP contribution in [0.25, 0.3) is 0 Å². The summed E-state index contributed by atoms with van der Waals surface area (Å²) in [5, 5.41) is 9.09. The molecule has 1 fully saturated rings. The summed E-state index contributed by atoms with van der Waals surface area (Å²) in [6, 6.07) is 2.30. The van der Waals surface area contributed by atoms with Crippen LogP contribution in [0.5, 0.6) is 0 Å². The Balaban J connectivity index is 1.83. The lowest BCUT2D eigenvalue weighted by atomic mass is 9.48. The van der Waals surface area contributed by atoms with Crippen molar-refractivity contribution in [3.63, 3.8) is 0 Å². The van der Waals surface area contributed by atoms with E-state index in [4.69, 9.17) is 10.00 Å². The lowest BCUT2D eigenvalue weighted by Crippen LogP contribution is -2.54. The Morgan fingerprint density at radius 2 is 2.17 bits per heavy atom. The van der Waals surface area contributed by atoms with Crippen molar-refractivity contribution in [2.24, 2.45) is 17.3 Å². The van der Waals surface area contributed by atoms with E-state index in [1.165, 1.54) is 12.0 Å². The molecule has 0 aromatic heterocycles. The minimum Gasteiger partial charge on any atom is -0.489 e. The van der Waals surface area contributed by atoms with E-state index in [1.807, 2.05) is 0 Å². The van der Waals surface area contributed by atoms with E-state index in [9.17, 15) is 0 Å². The van der Waals surface area contributed by atoms with E-state index in [0.29, 0.717) is 11.3 Å². The van der Waals surface area contributed by atoms with Crippen molar-refractivity contribution in [3.05, 3.63) is 23.0 Å². The van der Waals surface area contributed by atoms with Gasteiger partial charge in [0.15, 0.2) is 0 Å². The van der Waals surface area contributed by atoms with Crippen LogP contribution in [0.4, 0.5) is 0 Å². The van der Waals surface area contributed by atoms with Gasteiger partial charge in [0.05, 0.1) is 11.6 Å². The molecule has 2 heteroatoms. The molecule has 0 heterocycles. The topological polar surface area (TPSA) is 33.0 Å². The molecule has 96 valence electrons. The number of hydrogen-bond acceptors (Lipinski definition) is 2. The van der Waals surface area contributed by atoms with E-state index >= 15 is 0 Å². The number of hydrogen-bond donors (Lipinski definition) is 0. The maximum atomic E-state index is 9.09. The van der Waals surface area contributed by atoms with Gasteiger partial charge in [0.25, 0.3) is 0 Å². The lowest BCUT2D eigenvalue weighted by Gasteiger charge is -2.58. The maximum Gasteiger partial charge on any atom is 0.120 e. The predicted octanol–water partition coefficient (Wildman–Crippen LogP) is 3.96. The van der Waals surface area contributed by atoms with E-state index in [2.05, 4.69) is 32.9 Å². The number of allylic oxidation sites excluding steroid dienone is 3. The molecule has 2 nitrogen and oxygen atoms in total. The van der Waals surface area contributed by atoms with Crippen molar-refractivity contribution >= 4 is 0 Å². The summed E-state index contributed by atoms with van der Waals surface area (Å²) in [6.07, 6.45) is 6.67. The van der Waals surface area contributed by atoms with Gasteiger partial charge in [-0.15, -0.1) is 0 Å². The van der Waals surface area contributed by atoms with Crippen LogP contribution in [-0.2, 0) is 4.74 Å². The van der Waals surface area contributed by atoms with Crippen molar-refractivity contribution in [2.45, 2.75) is 52.6 Å². The van der Waals surface area contributed by atoms with Crippen LogP contribution in [0.3, 0.4) is 0 Å². The molecule has 0 spiro atoms. The number of ether oxygens (including phenoxy) is 1. The van der Waals surface area contributed by atoms with Crippen LogP contribution in [0, 0.1) is 28.6 Å². The Morgan fingerprint density at radius 1 is 1.39 bits per heavy atom. The zero-order chi connectivity index (χ0) is 12.9. The molecule has 0 N–H and O–H groups in total. The quantitative estimate of drug-likeness (QED) is 0.688. The maximum absolute atomic E-state index is 9.09. The molecule has 0 aromatic rings. The average Bonchev–Trinajstić information content (AvgIpc) is 2.74. The molecular weight excluding hydrogens is 222 g/mol. The van der Waals surface area contributed by atoms with Gasteiger partial charge >= 0.3 is 0 Å². The largest absolute Gasteiger partial charge is 0.489 e. The molecule has 1 saturated carbocycles. The van der Waals surface area contributed by atoms with Crippen LogP contribution in [0.15, 0.2) is 23.0 Å². The van der Waals surface area contributed by atoms with Gasteiger partial charge < -0.3 is 4.74 Å². The molecule has 0 radical (unpaired) electrons. The second-order valence-corrected chi connectivity index (χ2v) is 6.58. The Bertz CT molecular complexity index is 478. The predicted molar refractivity (Wildman–Crippen MR) is 70.5 cm³/mol. The Morgan fingerprint density at radius 3 is 2.78 bits per heavy atom. The summed E-state index contributed by atoms with van der Waals surface area (Å²) in [7, 11) is 0. The fourth-order valence-corrected chi connectivity index (χ4v) is 4.03. The lowest BCUT2D eigenvalue weighted by molar-refractivity contribution is -0.0869. The third-order valence-electron chi connectivity index (χ3n) is 5.30. The van der Waals surface area contributed by atoms with Crippen LogP contribution in [0.1, 0.15) is 46.5 Å².